The van der Waals surface area contributed by atoms with Gasteiger partial charge in [-0.1, -0.05) is 15.9 Å². The molecule has 0 unspecified atom stereocenters. The SMILES string of the molecule is O=C(O)C1(C(=O)c2cc(Br)ccc2F)CC1. The number of ketones is 1. The molecule has 0 aromatic heterocycles. The van der Waals surface area contributed by atoms with Gasteiger partial charge in [0.05, 0.1) is 5.56 Å². The average molecular weight is 287 g/mol. The van der Waals surface area contributed by atoms with Crippen molar-refractivity contribution < 1.29 is 19.1 Å². The number of carboxylic acid groups (broad SMARTS) is 1. The molecule has 1 aromatic rings. The van der Waals surface area contributed by atoms with Gasteiger partial charge < -0.3 is 5.11 Å². The van der Waals surface area contributed by atoms with E-state index in [-0.39, 0.29) is 18.4 Å². The van der Waals surface area contributed by atoms with Gasteiger partial charge in [0.25, 0.3) is 0 Å². The number of carbonyl (C=O) groups is 2. The van der Waals surface area contributed by atoms with Gasteiger partial charge in [-0.2, -0.15) is 0 Å². The minimum absolute atomic E-state index is 0.158. The Morgan fingerprint density at radius 1 is 1.38 bits per heavy atom. The molecule has 1 saturated carbocycles. The van der Waals surface area contributed by atoms with Gasteiger partial charge in [-0.3, -0.25) is 9.59 Å². The van der Waals surface area contributed by atoms with E-state index in [2.05, 4.69) is 15.9 Å². The molecular weight excluding hydrogens is 279 g/mol. The van der Waals surface area contributed by atoms with Crippen LogP contribution in [0, 0.1) is 11.2 Å². The molecule has 0 spiro atoms. The fraction of sp³-hybridized carbons (Fsp3) is 0.273. The summed E-state index contributed by atoms with van der Waals surface area (Å²) in [6.45, 7) is 0. The lowest BCUT2D eigenvalue weighted by Crippen LogP contribution is -2.26. The van der Waals surface area contributed by atoms with Crippen LogP contribution in [0.3, 0.4) is 0 Å². The van der Waals surface area contributed by atoms with Crippen LogP contribution >= 0.6 is 15.9 Å². The van der Waals surface area contributed by atoms with Gasteiger partial charge in [-0.25, -0.2) is 4.39 Å². The molecule has 5 heteroatoms. The maximum atomic E-state index is 13.4. The highest BCUT2D eigenvalue weighted by Gasteiger charge is 2.57. The van der Waals surface area contributed by atoms with E-state index < -0.39 is 23.0 Å². The van der Waals surface area contributed by atoms with Gasteiger partial charge in [-0.15, -0.1) is 0 Å². The second kappa shape index (κ2) is 3.66. The van der Waals surface area contributed by atoms with E-state index in [1.807, 2.05) is 0 Å². The lowest BCUT2D eigenvalue weighted by Gasteiger charge is -2.09. The van der Waals surface area contributed by atoms with E-state index in [0.29, 0.717) is 4.47 Å². The molecule has 84 valence electrons. The molecule has 2 rings (SSSR count). The Bertz CT molecular complexity index is 480. The summed E-state index contributed by atoms with van der Waals surface area (Å²) >= 11 is 3.12. The second-order valence-corrected chi connectivity index (χ2v) is 4.76. The minimum Gasteiger partial charge on any atom is -0.480 e. The van der Waals surface area contributed by atoms with Crippen LogP contribution in [0.15, 0.2) is 22.7 Å². The number of rotatable bonds is 3. The van der Waals surface area contributed by atoms with Crippen LogP contribution in [-0.2, 0) is 4.79 Å². The van der Waals surface area contributed by atoms with Crippen molar-refractivity contribution >= 4 is 27.7 Å². The van der Waals surface area contributed by atoms with Crippen LogP contribution in [0.2, 0.25) is 0 Å². The quantitative estimate of drug-likeness (QED) is 0.686. The average Bonchev–Trinajstić information content (AvgIpc) is 3.01. The highest BCUT2D eigenvalue weighted by molar-refractivity contribution is 9.10. The highest BCUT2D eigenvalue weighted by Crippen LogP contribution is 2.48. The smallest absolute Gasteiger partial charge is 0.317 e. The maximum Gasteiger partial charge on any atom is 0.317 e. The maximum absolute atomic E-state index is 13.4. The van der Waals surface area contributed by atoms with E-state index in [1.54, 1.807) is 0 Å². The Kier molecular flexibility index (Phi) is 2.58. The van der Waals surface area contributed by atoms with E-state index >= 15 is 0 Å². The lowest BCUT2D eigenvalue weighted by atomic mass is 9.94. The number of benzene rings is 1. The molecule has 0 heterocycles. The predicted molar refractivity (Wildman–Crippen MR) is 57.7 cm³/mol. The van der Waals surface area contributed by atoms with E-state index in [0.717, 1.165) is 6.07 Å². The number of aliphatic carboxylic acids is 1. The molecule has 3 nitrogen and oxygen atoms in total. The molecule has 16 heavy (non-hydrogen) atoms. The fourth-order valence-electron chi connectivity index (χ4n) is 1.59. The Hall–Kier alpha value is -1.23. The second-order valence-electron chi connectivity index (χ2n) is 3.84. The molecule has 1 N–H and O–H groups in total. The van der Waals surface area contributed by atoms with Gasteiger partial charge in [0.1, 0.15) is 11.2 Å². The van der Waals surface area contributed by atoms with Crippen LogP contribution in [0.25, 0.3) is 0 Å². The number of hydrogen-bond donors (Lipinski definition) is 1. The van der Waals surface area contributed by atoms with Gasteiger partial charge >= 0.3 is 5.97 Å². The van der Waals surface area contributed by atoms with E-state index in [9.17, 15) is 14.0 Å². The number of carboxylic acids is 1. The van der Waals surface area contributed by atoms with Crippen molar-refractivity contribution in [3.8, 4) is 0 Å². The van der Waals surface area contributed by atoms with Crippen molar-refractivity contribution in [2.24, 2.45) is 5.41 Å². The third-order valence-corrected chi connectivity index (χ3v) is 3.26. The molecule has 0 amide bonds. The van der Waals surface area contributed by atoms with Crippen LogP contribution in [-0.4, -0.2) is 16.9 Å². The van der Waals surface area contributed by atoms with Crippen molar-refractivity contribution in [1.29, 1.82) is 0 Å². The molecule has 0 saturated heterocycles. The standard InChI is InChI=1S/C11H8BrFO3/c12-6-1-2-8(13)7(5-6)9(14)11(3-4-11)10(15)16/h1-2,5H,3-4H2,(H,15,16). The summed E-state index contributed by atoms with van der Waals surface area (Å²) in [5.74, 6) is -2.49. The molecule has 1 fully saturated rings. The topological polar surface area (TPSA) is 54.4 Å². The number of Topliss-reactive ketones (excluding diaryl/α,β-unsaturated/α-hetero) is 1. The summed E-state index contributed by atoms with van der Waals surface area (Å²) < 4.78 is 14.0. The number of halogens is 2. The Morgan fingerprint density at radius 2 is 2.00 bits per heavy atom. The Morgan fingerprint density at radius 3 is 2.50 bits per heavy atom. The van der Waals surface area contributed by atoms with Gasteiger partial charge in [0, 0.05) is 4.47 Å². The van der Waals surface area contributed by atoms with Crippen LogP contribution in [0.4, 0.5) is 4.39 Å². The zero-order valence-electron chi connectivity index (χ0n) is 8.17. The zero-order valence-corrected chi connectivity index (χ0v) is 9.75. The van der Waals surface area contributed by atoms with Crippen molar-refractivity contribution in [1.82, 2.24) is 0 Å². The summed E-state index contributed by atoms with van der Waals surface area (Å²) in [4.78, 5) is 22.8. The van der Waals surface area contributed by atoms with Gasteiger partial charge in [0.2, 0.25) is 0 Å². The van der Waals surface area contributed by atoms with E-state index in [1.165, 1.54) is 12.1 Å². The van der Waals surface area contributed by atoms with Crippen molar-refractivity contribution in [3.05, 3.63) is 34.1 Å². The summed E-state index contributed by atoms with van der Waals surface area (Å²) in [6.07, 6.45) is 0.570. The first kappa shape index (κ1) is 11.3. The van der Waals surface area contributed by atoms with Gasteiger partial charge in [0.15, 0.2) is 5.78 Å². The molecule has 0 bridgehead atoms. The van der Waals surface area contributed by atoms with Crippen molar-refractivity contribution in [2.45, 2.75) is 12.8 Å². The lowest BCUT2D eigenvalue weighted by molar-refractivity contribution is -0.141. The first-order chi connectivity index (χ1) is 7.47. The molecule has 1 aliphatic carbocycles. The summed E-state index contributed by atoms with van der Waals surface area (Å²) in [6, 6.07) is 3.93. The molecule has 1 aliphatic rings. The number of carbonyl (C=O) groups excluding carboxylic acids is 1. The predicted octanol–water partition coefficient (Wildman–Crippen LogP) is 2.64. The Balaban J connectivity index is 2.42. The normalized spacial score (nSPS) is 16.9. The van der Waals surface area contributed by atoms with Crippen LogP contribution in [0.1, 0.15) is 23.2 Å². The highest BCUT2D eigenvalue weighted by atomic mass is 79.9. The van der Waals surface area contributed by atoms with Crippen molar-refractivity contribution in [2.75, 3.05) is 0 Å². The van der Waals surface area contributed by atoms with E-state index in [4.69, 9.17) is 5.11 Å². The number of hydrogen-bond acceptors (Lipinski definition) is 2. The summed E-state index contributed by atoms with van der Waals surface area (Å²) in [7, 11) is 0. The molecule has 1 aromatic carbocycles. The van der Waals surface area contributed by atoms with Gasteiger partial charge in [-0.05, 0) is 31.0 Å². The molecular formula is C11H8BrFO3. The summed E-state index contributed by atoms with van der Waals surface area (Å²) in [5, 5.41) is 8.94. The molecule has 0 atom stereocenters. The molecule has 0 radical (unpaired) electrons. The third-order valence-electron chi connectivity index (χ3n) is 2.77. The van der Waals surface area contributed by atoms with Crippen LogP contribution in [0.5, 0.6) is 0 Å². The first-order valence-corrected chi connectivity index (χ1v) is 5.50. The third kappa shape index (κ3) is 1.65. The monoisotopic (exact) mass is 286 g/mol. The zero-order chi connectivity index (χ0) is 11.9. The molecule has 0 aliphatic heterocycles. The van der Waals surface area contributed by atoms with Crippen LogP contribution < -0.4 is 0 Å². The van der Waals surface area contributed by atoms with Crippen molar-refractivity contribution in [3.63, 3.8) is 0 Å². The summed E-state index contributed by atoms with van der Waals surface area (Å²) in [5.41, 5.74) is -1.55. The Labute approximate surface area is 99.4 Å². The largest absolute Gasteiger partial charge is 0.480 e. The fourth-order valence-corrected chi connectivity index (χ4v) is 1.95. The first-order valence-electron chi connectivity index (χ1n) is 4.70. The minimum atomic E-state index is -1.39.